The average molecular weight is 317 g/mol. The number of nitrogens with zero attached hydrogens (tertiary/aromatic N) is 2. The van der Waals surface area contributed by atoms with Gasteiger partial charge in [-0.25, -0.2) is 0 Å². The SMILES string of the molecule is O=C(NCc1ccccn1)c1ccc2cc(-c3ccn[nH]3)[nH]c2c1. The summed E-state index contributed by atoms with van der Waals surface area (Å²) < 4.78 is 0. The van der Waals surface area contributed by atoms with Gasteiger partial charge in [0.05, 0.1) is 23.6 Å². The van der Waals surface area contributed by atoms with Crippen LogP contribution in [0.1, 0.15) is 16.1 Å². The zero-order valence-electron chi connectivity index (χ0n) is 12.8. The lowest BCUT2D eigenvalue weighted by Gasteiger charge is -2.05. The molecule has 0 aliphatic heterocycles. The molecular formula is C18H15N5O. The molecule has 0 unspecified atom stereocenters. The number of nitrogens with one attached hydrogen (secondary N) is 3. The van der Waals surface area contributed by atoms with Gasteiger partial charge in [0.1, 0.15) is 0 Å². The molecule has 0 spiro atoms. The van der Waals surface area contributed by atoms with Crippen molar-refractivity contribution >= 4 is 16.8 Å². The number of H-pyrrole nitrogens is 2. The predicted molar refractivity (Wildman–Crippen MR) is 91.3 cm³/mol. The third-order valence-corrected chi connectivity index (χ3v) is 3.83. The molecule has 0 atom stereocenters. The molecule has 4 rings (SSSR count). The van der Waals surface area contributed by atoms with E-state index >= 15 is 0 Å². The Bertz CT molecular complexity index is 973. The van der Waals surface area contributed by atoms with E-state index in [-0.39, 0.29) is 5.91 Å². The Morgan fingerprint density at radius 3 is 2.79 bits per heavy atom. The number of benzene rings is 1. The quantitative estimate of drug-likeness (QED) is 0.541. The van der Waals surface area contributed by atoms with Crippen LogP contribution in [0.15, 0.2) is 60.9 Å². The fourth-order valence-corrected chi connectivity index (χ4v) is 2.59. The van der Waals surface area contributed by atoms with E-state index in [1.165, 1.54) is 0 Å². The Kier molecular flexibility index (Phi) is 3.55. The van der Waals surface area contributed by atoms with Crippen LogP contribution in [0.5, 0.6) is 0 Å². The maximum Gasteiger partial charge on any atom is 0.251 e. The number of rotatable bonds is 4. The normalized spacial score (nSPS) is 10.8. The van der Waals surface area contributed by atoms with Gasteiger partial charge in [-0.2, -0.15) is 5.10 Å². The van der Waals surface area contributed by atoms with Gasteiger partial charge in [0.2, 0.25) is 0 Å². The number of pyridine rings is 1. The van der Waals surface area contributed by atoms with Crippen molar-refractivity contribution in [3.8, 4) is 11.4 Å². The summed E-state index contributed by atoms with van der Waals surface area (Å²) in [6.07, 6.45) is 3.42. The maximum absolute atomic E-state index is 12.3. The number of hydrogen-bond acceptors (Lipinski definition) is 3. The lowest BCUT2D eigenvalue weighted by atomic mass is 10.1. The predicted octanol–water partition coefficient (Wildman–Crippen LogP) is 2.88. The molecule has 1 aromatic carbocycles. The van der Waals surface area contributed by atoms with Gasteiger partial charge in [-0.1, -0.05) is 12.1 Å². The van der Waals surface area contributed by atoms with Crippen LogP contribution >= 0.6 is 0 Å². The summed E-state index contributed by atoms with van der Waals surface area (Å²) in [6.45, 7) is 0.405. The van der Waals surface area contributed by atoms with Gasteiger partial charge in [0.15, 0.2) is 0 Å². The number of carbonyl (C=O) groups excluding carboxylic acids is 1. The van der Waals surface area contributed by atoms with Crippen LogP contribution in [0, 0.1) is 0 Å². The molecule has 3 heterocycles. The highest BCUT2D eigenvalue weighted by atomic mass is 16.1. The van der Waals surface area contributed by atoms with Gasteiger partial charge in [-0.15, -0.1) is 0 Å². The van der Waals surface area contributed by atoms with E-state index in [1.54, 1.807) is 12.4 Å². The van der Waals surface area contributed by atoms with Crippen molar-refractivity contribution in [1.29, 1.82) is 0 Å². The smallest absolute Gasteiger partial charge is 0.251 e. The van der Waals surface area contributed by atoms with Crippen LogP contribution in [0.2, 0.25) is 0 Å². The van der Waals surface area contributed by atoms with Gasteiger partial charge in [-0.05, 0) is 36.4 Å². The highest BCUT2D eigenvalue weighted by Crippen LogP contribution is 2.23. The van der Waals surface area contributed by atoms with Crippen LogP contribution in [-0.2, 0) is 6.54 Å². The Morgan fingerprint density at radius 1 is 1.04 bits per heavy atom. The third kappa shape index (κ3) is 2.77. The lowest BCUT2D eigenvalue weighted by Crippen LogP contribution is -2.23. The number of amides is 1. The van der Waals surface area contributed by atoms with Gasteiger partial charge in [0, 0.05) is 28.9 Å². The zero-order chi connectivity index (χ0) is 16.4. The molecule has 0 saturated heterocycles. The second-order valence-corrected chi connectivity index (χ2v) is 5.46. The minimum Gasteiger partial charge on any atom is -0.353 e. The zero-order valence-corrected chi connectivity index (χ0v) is 12.8. The van der Waals surface area contributed by atoms with Crippen LogP contribution in [0.25, 0.3) is 22.3 Å². The molecule has 0 radical (unpaired) electrons. The first kappa shape index (κ1) is 14.2. The number of hydrogen-bond donors (Lipinski definition) is 3. The molecule has 1 amide bonds. The van der Waals surface area contributed by atoms with E-state index in [9.17, 15) is 4.79 Å². The standard InChI is InChI=1S/C18H15N5O/c24-18(20-11-14-3-1-2-7-19-14)13-5-4-12-9-17(22-16(12)10-13)15-6-8-21-23-15/h1-10,22H,11H2,(H,20,24)(H,21,23). The van der Waals surface area contributed by atoms with E-state index in [0.29, 0.717) is 12.1 Å². The Morgan fingerprint density at radius 2 is 2.00 bits per heavy atom. The molecule has 3 aromatic heterocycles. The van der Waals surface area contributed by atoms with Crippen LogP contribution < -0.4 is 5.32 Å². The number of carbonyl (C=O) groups is 1. The summed E-state index contributed by atoms with van der Waals surface area (Å²) in [7, 11) is 0. The molecule has 24 heavy (non-hydrogen) atoms. The first-order valence-corrected chi connectivity index (χ1v) is 7.60. The molecule has 0 aliphatic rings. The summed E-state index contributed by atoms with van der Waals surface area (Å²) in [4.78, 5) is 19.8. The topological polar surface area (TPSA) is 86.5 Å². The van der Waals surface area contributed by atoms with Gasteiger partial charge in [0.25, 0.3) is 5.91 Å². The van der Waals surface area contributed by atoms with E-state index in [1.807, 2.05) is 48.5 Å². The van der Waals surface area contributed by atoms with Gasteiger partial charge < -0.3 is 10.3 Å². The van der Waals surface area contributed by atoms with Gasteiger partial charge >= 0.3 is 0 Å². The largest absolute Gasteiger partial charge is 0.353 e. The molecule has 118 valence electrons. The fourth-order valence-electron chi connectivity index (χ4n) is 2.59. The number of aromatic nitrogens is 4. The summed E-state index contributed by atoms with van der Waals surface area (Å²) >= 11 is 0. The van der Waals surface area contributed by atoms with Crippen LogP contribution in [0.3, 0.4) is 0 Å². The van der Waals surface area contributed by atoms with E-state index < -0.39 is 0 Å². The Balaban J connectivity index is 1.55. The van der Waals surface area contributed by atoms with Crippen LogP contribution in [0.4, 0.5) is 0 Å². The second-order valence-electron chi connectivity index (χ2n) is 5.46. The summed E-state index contributed by atoms with van der Waals surface area (Å²) in [6, 6.07) is 15.2. The first-order chi connectivity index (χ1) is 11.8. The van der Waals surface area contributed by atoms with Crippen molar-refractivity contribution in [2.75, 3.05) is 0 Å². The van der Waals surface area contributed by atoms with E-state index in [4.69, 9.17) is 0 Å². The molecule has 3 N–H and O–H groups in total. The minimum absolute atomic E-state index is 0.125. The van der Waals surface area contributed by atoms with Crippen molar-refractivity contribution in [2.24, 2.45) is 0 Å². The van der Waals surface area contributed by atoms with E-state index in [0.717, 1.165) is 28.0 Å². The van der Waals surface area contributed by atoms with Crippen molar-refractivity contribution in [3.05, 3.63) is 72.2 Å². The minimum atomic E-state index is -0.125. The highest BCUT2D eigenvalue weighted by Gasteiger charge is 2.09. The van der Waals surface area contributed by atoms with Crippen molar-refractivity contribution in [3.63, 3.8) is 0 Å². The first-order valence-electron chi connectivity index (χ1n) is 7.60. The maximum atomic E-state index is 12.3. The second kappa shape index (κ2) is 6.00. The van der Waals surface area contributed by atoms with E-state index in [2.05, 4.69) is 25.5 Å². The van der Waals surface area contributed by atoms with Crippen molar-refractivity contribution < 1.29 is 4.79 Å². The molecular weight excluding hydrogens is 302 g/mol. The molecule has 6 nitrogen and oxygen atoms in total. The molecule has 0 aliphatic carbocycles. The molecule has 0 bridgehead atoms. The summed E-state index contributed by atoms with van der Waals surface area (Å²) in [5, 5.41) is 10.8. The molecule has 0 saturated carbocycles. The number of fused-ring (bicyclic) bond motifs is 1. The van der Waals surface area contributed by atoms with Crippen LogP contribution in [-0.4, -0.2) is 26.1 Å². The summed E-state index contributed by atoms with van der Waals surface area (Å²) in [5.74, 6) is -0.125. The monoisotopic (exact) mass is 317 g/mol. The van der Waals surface area contributed by atoms with Crippen molar-refractivity contribution in [2.45, 2.75) is 6.54 Å². The highest BCUT2D eigenvalue weighted by molar-refractivity contribution is 5.98. The van der Waals surface area contributed by atoms with Crippen molar-refractivity contribution in [1.82, 2.24) is 25.5 Å². The molecule has 4 aromatic rings. The number of aromatic amines is 2. The fraction of sp³-hybridized carbons (Fsp3) is 0.0556. The average Bonchev–Trinajstić information content (AvgIpc) is 3.28. The molecule has 6 heteroatoms. The van der Waals surface area contributed by atoms with Gasteiger partial charge in [-0.3, -0.25) is 14.9 Å². The lowest BCUT2D eigenvalue weighted by molar-refractivity contribution is 0.0950. The Labute approximate surface area is 137 Å². The Hall–Kier alpha value is -3.41. The third-order valence-electron chi connectivity index (χ3n) is 3.83. The summed E-state index contributed by atoms with van der Waals surface area (Å²) in [5.41, 5.74) is 4.19. The molecule has 0 fully saturated rings.